The molecule has 0 spiro atoms. The van der Waals surface area contributed by atoms with Gasteiger partial charge in [-0.1, -0.05) is 37.3 Å². The molecule has 0 radical (unpaired) electrons. The van der Waals surface area contributed by atoms with Crippen LogP contribution in [0.5, 0.6) is 0 Å². The van der Waals surface area contributed by atoms with Crippen molar-refractivity contribution in [3.8, 4) is 11.4 Å². The van der Waals surface area contributed by atoms with Crippen molar-refractivity contribution in [3.05, 3.63) is 42.6 Å². The summed E-state index contributed by atoms with van der Waals surface area (Å²) >= 11 is 0. The molecule has 3 heterocycles. The molecule has 4 rings (SSSR count). The Bertz CT molecular complexity index is 835. The molecule has 0 unspecified atom stereocenters. The Morgan fingerprint density at radius 2 is 1.90 bits per heavy atom. The third-order valence-corrected chi connectivity index (χ3v) is 6.62. The number of anilines is 1. The molecule has 0 bridgehead atoms. The first-order chi connectivity index (χ1) is 15.2. The number of carbonyl (C=O) groups excluding carboxylic acids is 1. The zero-order chi connectivity index (χ0) is 21.5. The Morgan fingerprint density at radius 1 is 1.10 bits per heavy atom. The topological polar surface area (TPSA) is 61.4 Å². The number of aromatic nitrogens is 2. The Kier molecular flexibility index (Phi) is 7.52. The van der Waals surface area contributed by atoms with Crippen LogP contribution in [-0.2, 0) is 4.79 Å². The molecular weight excluding hydrogens is 386 g/mol. The Balaban J connectivity index is 1.26. The van der Waals surface area contributed by atoms with Gasteiger partial charge >= 0.3 is 0 Å². The lowest BCUT2D eigenvalue weighted by Gasteiger charge is -2.33. The molecule has 2 saturated heterocycles. The molecule has 1 amide bonds. The normalized spacial score (nSPS) is 20.5. The molecule has 2 aromatic rings. The van der Waals surface area contributed by atoms with E-state index in [9.17, 15) is 4.79 Å². The van der Waals surface area contributed by atoms with E-state index in [1.54, 1.807) is 0 Å². The van der Waals surface area contributed by atoms with Crippen molar-refractivity contribution < 1.29 is 4.79 Å². The quantitative estimate of drug-likeness (QED) is 0.692. The van der Waals surface area contributed by atoms with Gasteiger partial charge in [-0.25, -0.2) is 9.97 Å². The maximum absolute atomic E-state index is 12.8. The van der Waals surface area contributed by atoms with Gasteiger partial charge in [-0.3, -0.25) is 4.79 Å². The van der Waals surface area contributed by atoms with E-state index in [0.717, 1.165) is 68.6 Å². The highest BCUT2D eigenvalue weighted by Gasteiger charge is 2.26. The summed E-state index contributed by atoms with van der Waals surface area (Å²) in [5.74, 6) is 2.72. The molecular formula is C25H35N5O. The van der Waals surface area contributed by atoms with Crippen LogP contribution >= 0.6 is 0 Å². The maximum atomic E-state index is 12.8. The molecule has 2 fully saturated rings. The van der Waals surface area contributed by atoms with Crippen LogP contribution in [0.25, 0.3) is 11.4 Å². The number of nitrogens with zero attached hydrogens (tertiary/aromatic N) is 4. The van der Waals surface area contributed by atoms with E-state index in [1.807, 2.05) is 42.6 Å². The average molecular weight is 422 g/mol. The van der Waals surface area contributed by atoms with E-state index in [2.05, 4.69) is 27.0 Å². The summed E-state index contributed by atoms with van der Waals surface area (Å²) in [5.41, 5.74) is 1.01. The highest BCUT2D eigenvalue weighted by molar-refractivity contribution is 5.79. The van der Waals surface area contributed by atoms with Crippen LogP contribution < -0.4 is 10.2 Å². The predicted molar refractivity (Wildman–Crippen MR) is 125 cm³/mol. The number of hydrogen-bond donors (Lipinski definition) is 1. The summed E-state index contributed by atoms with van der Waals surface area (Å²) in [4.78, 5) is 26.7. The predicted octanol–water partition coefficient (Wildman–Crippen LogP) is 3.60. The van der Waals surface area contributed by atoms with E-state index in [0.29, 0.717) is 0 Å². The van der Waals surface area contributed by atoms with Gasteiger partial charge in [0, 0.05) is 31.4 Å². The van der Waals surface area contributed by atoms with E-state index in [4.69, 9.17) is 4.98 Å². The molecule has 6 nitrogen and oxygen atoms in total. The number of carbonyl (C=O) groups is 1. The van der Waals surface area contributed by atoms with E-state index < -0.39 is 0 Å². The minimum atomic E-state index is 0.0275. The largest absolute Gasteiger partial charge is 0.356 e. The molecule has 2 aliphatic rings. The lowest BCUT2D eigenvalue weighted by molar-refractivity contribution is -0.125. The van der Waals surface area contributed by atoms with Gasteiger partial charge < -0.3 is 15.1 Å². The van der Waals surface area contributed by atoms with Crippen molar-refractivity contribution in [3.63, 3.8) is 0 Å². The molecule has 6 heteroatoms. The molecule has 0 aliphatic carbocycles. The smallest absolute Gasteiger partial charge is 0.224 e. The van der Waals surface area contributed by atoms with Crippen LogP contribution in [0.4, 0.5) is 5.82 Å². The van der Waals surface area contributed by atoms with Crippen LogP contribution in [0, 0.1) is 11.8 Å². The van der Waals surface area contributed by atoms with Gasteiger partial charge in [0.25, 0.3) is 0 Å². The summed E-state index contributed by atoms with van der Waals surface area (Å²) in [6.07, 6.45) is 7.41. The fraction of sp³-hybridized carbons (Fsp3) is 0.560. The molecule has 1 aromatic carbocycles. The Hall–Kier alpha value is -2.47. The SMILES string of the molecule is CC1CCN(CCCNC(=O)[C@H]2CCCN(c3ccnc(-c4ccccc4)n3)C2)CC1. The van der Waals surface area contributed by atoms with Crippen LogP contribution in [0.2, 0.25) is 0 Å². The van der Waals surface area contributed by atoms with Gasteiger partial charge in [0.15, 0.2) is 5.82 Å². The lowest BCUT2D eigenvalue weighted by Crippen LogP contribution is -2.44. The summed E-state index contributed by atoms with van der Waals surface area (Å²) in [6.45, 7) is 8.27. The monoisotopic (exact) mass is 421 g/mol. The Morgan fingerprint density at radius 3 is 2.71 bits per heavy atom. The van der Waals surface area contributed by atoms with Gasteiger partial charge in [-0.05, 0) is 63.7 Å². The zero-order valence-corrected chi connectivity index (χ0v) is 18.7. The fourth-order valence-corrected chi connectivity index (χ4v) is 4.60. The molecule has 0 saturated carbocycles. The van der Waals surface area contributed by atoms with Crippen molar-refractivity contribution in [2.24, 2.45) is 11.8 Å². The number of likely N-dealkylation sites (tertiary alicyclic amines) is 1. The van der Waals surface area contributed by atoms with Crippen molar-refractivity contribution in [2.45, 2.75) is 39.0 Å². The summed E-state index contributed by atoms with van der Waals surface area (Å²) in [6, 6.07) is 12.0. The van der Waals surface area contributed by atoms with Gasteiger partial charge in [-0.15, -0.1) is 0 Å². The molecule has 1 N–H and O–H groups in total. The maximum Gasteiger partial charge on any atom is 0.224 e. The van der Waals surface area contributed by atoms with Crippen LogP contribution in [0.15, 0.2) is 42.6 Å². The van der Waals surface area contributed by atoms with Gasteiger partial charge in [0.1, 0.15) is 5.82 Å². The number of piperidine rings is 2. The van der Waals surface area contributed by atoms with Gasteiger partial charge in [0.2, 0.25) is 5.91 Å². The first-order valence-electron chi connectivity index (χ1n) is 11.8. The van der Waals surface area contributed by atoms with Crippen molar-refractivity contribution >= 4 is 11.7 Å². The van der Waals surface area contributed by atoms with E-state index in [1.165, 1.54) is 25.9 Å². The number of hydrogen-bond acceptors (Lipinski definition) is 5. The summed E-state index contributed by atoms with van der Waals surface area (Å²) in [7, 11) is 0. The number of amides is 1. The van der Waals surface area contributed by atoms with E-state index in [-0.39, 0.29) is 11.8 Å². The van der Waals surface area contributed by atoms with Crippen LogP contribution in [0.1, 0.15) is 39.0 Å². The minimum Gasteiger partial charge on any atom is -0.356 e. The van der Waals surface area contributed by atoms with Crippen LogP contribution in [-0.4, -0.2) is 60.0 Å². The van der Waals surface area contributed by atoms with Crippen molar-refractivity contribution in [1.82, 2.24) is 20.2 Å². The second-order valence-electron chi connectivity index (χ2n) is 9.06. The van der Waals surface area contributed by atoms with Gasteiger partial charge in [-0.2, -0.15) is 0 Å². The molecule has 1 atom stereocenters. The average Bonchev–Trinajstić information content (AvgIpc) is 2.83. The first-order valence-corrected chi connectivity index (χ1v) is 11.8. The van der Waals surface area contributed by atoms with Crippen molar-refractivity contribution in [2.75, 3.05) is 44.2 Å². The summed E-state index contributed by atoms with van der Waals surface area (Å²) in [5, 5.41) is 3.18. The third-order valence-electron chi connectivity index (χ3n) is 6.62. The minimum absolute atomic E-state index is 0.0275. The van der Waals surface area contributed by atoms with E-state index >= 15 is 0 Å². The second kappa shape index (κ2) is 10.7. The number of rotatable bonds is 7. The van der Waals surface area contributed by atoms with Crippen molar-refractivity contribution in [1.29, 1.82) is 0 Å². The highest BCUT2D eigenvalue weighted by Crippen LogP contribution is 2.24. The number of benzene rings is 1. The lowest BCUT2D eigenvalue weighted by atomic mass is 9.97. The third kappa shape index (κ3) is 6.03. The molecule has 1 aromatic heterocycles. The fourth-order valence-electron chi connectivity index (χ4n) is 4.60. The molecule has 31 heavy (non-hydrogen) atoms. The van der Waals surface area contributed by atoms with Crippen LogP contribution in [0.3, 0.4) is 0 Å². The van der Waals surface area contributed by atoms with Gasteiger partial charge in [0.05, 0.1) is 5.92 Å². The molecule has 166 valence electrons. The standard InChI is InChI=1S/C25H35N5O/c1-20-11-17-29(18-12-20)15-6-13-27-25(31)22-9-5-16-30(19-22)23-10-14-26-24(28-23)21-7-3-2-4-8-21/h2-4,7-8,10,14,20,22H,5-6,9,11-13,15-19H2,1H3,(H,27,31)/t22-/m0/s1. The molecule has 2 aliphatic heterocycles. The second-order valence-corrected chi connectivity index (χ2v) is 9.06. The number of nitrogens with one attached hydrogen (secondary N) is 1. The highest BCUT2D eigenvalue weighted by atomic mass is 16.1. The Labute approximate surface area is 186 Å². The summed E-state index contributed by atoms with van der Waals surface area (Å²) < 4.78 is 0. The first kappa shape index (κ1) is 21.8. The zero-order valence-electron chi connectivity index (χ0n) is 18.7.